The lowest BCUT2D eigenvalue weighted by Gasteiger charge is -2.18. The van der Waals surface area contributed by atoms with Gasteiger partial charge in [0.15, 0.2) is 0 Å². The molecule has 0 fully saturated rings. The molecule has 0 aliphatic rings. The second-order valence-electron chi connectivity index (χ2n) is 4.91. The summed E-state index contributed by atoms with van der Waals surface area (Å²) < 4.78 is 5.30. The van der Waals surface area contributed by atoms with Crippen molar-refractivity contribution in [2.24, 2.45) is 0 Å². The summed E-state index contributed by atoms with van der Waals surface area (Å²) in [6.45, 7) is 4.38. The highest BCUT2D eigenvalue weighted by molar-refractivity contribution is 5.80. The number of ether oxygens (including phenoxy) is 1. The number of methoxy groups -OCH3 is 1. The number of carboxylic acid groups (broad SMARTS) is 1. The number of carboxylic acids is 1. The van der Waals surface area contributed by atoms with E-state index in [1.54, 1.807) is 19.1 Å². The number of rotatable bonds is 6. The van der Waals surface area contributed by atoms with Crippen molar-refractivity contribution in [2.45, 2.75) is 33.2 Å². The molecule has 1 N–H and O–H groups in total. The molecule has 0 aromatic heterocycles. The van der Waals surface area contributed by atoms with Crippen molar-refractivity contribution in [1.29, 1.82) is 0 Å². The van der Waals surface area contributed by atoms with Gasteiger partial charge in [-0.05, 0) is 30.5 Å². The maximum atomic E-state index is 11.8. The monoisotopic (exact) mass is 279 g/mol. The minimum absolute atomic E-state index is 0.0277. The van der Waals surface area contributed by atoms with E-state index in [1.165, 1.54) is 0 Å². The smallest absolute Gasteiger partial charge is 0.303 e. The first-order valence-electron chi connectivity index (χ1n) is 6.45. The minimum atomic E-state index is -0.956. The fourth-order valence-electron chi connectivity index (χ4n) is 2.22. The molecule has 0 radical (unpaired) electrons. The van der Waals surface area contributed by atoms with Gasteiger partial charge in [-0.2, -0.15) is 0 Å². The van der Waals surface area contributed by atoms with E-state index in [-0.39, 0.29) is 18.7 Å². The van der Waals surface area contributed by atoms with Crippen LogP contribution in [0.15, 0.2) is 12.1 Å². The number of hydrogen-bond donors (Lipinski definition) is 1. The van der Waals surface area contributed by atoms with Crippen LogP contribution in [0.1, 0.15) is 29.5 Å². The Morgan fingerprint density at radius 2 is 1.75 bits per heavy atom. The predicted octanol–water partition coefficient (Wildman–Crippen LogP) is 2.14. The third kappa shape index (κ3) is 4.26. The summed E-state index contributed by atoms with van der Waals surface area (Å²) in [4.78, 5) is 23.8. The molecular weight excluding hydrogens is 258 g/mol. The number of benzene rings is 1. The van der Waals surface area contributed by atoms with Gasteiger partial charge in [0.1, 0.15) is 5.75 Å². The Hall–Kier alpha value is -2.04. The molecule has 5 nitrogen and oxygen atoms in total. The van der Waals surface area contributed by atoms with Crippen LogP contribution in [0.5, 0.6) is 5.75 Å². The lowest BCUT2D eigenvalue weighted by Crippen LogP contribution is -2.26. The van der Waals surface area contributed by atoms with Crippen LogP contribution < -0.4 is 4.74 Å². The van der Waals surface area contributed by atoms with Gasteiger partial charge in [-0.25, -0.2) is 0 Å². The van der Waals surface area contributed by atoms with Crippen molar-refractivity contribution in [3.8, 4) is 5.75 Å². The van der Waals surface area contributed by atoms with E-state index in [9.17, 15) is 9.59 Å². The van der Waals surface area contributed by atoms with Gasteiger partial charge >= 0.3 is 5.97 Å². The largest absolute Gasteiger partial charge is 0.496 e. The highest BCUT2D eigenvalue weighted by Gasteiger charge is 2.12. The van der Waals surface area contributed by atoms with Crippen LogP contribution in [0.3, 0.4) is 0 Å². The van der Waals surface area contributed by atoms with E-state index < -0.39 is 5.97 Å². The molecule has 1 rings (SSSR count). The lowest BCUT2D eigenvalue weighted by molar-refractivity contribution is -0.140. The first kappa shape index (κ1) is 16.0. The number of carbonyl (C=O) groups excluding carboxylic acids is 1. The SMILES string of the molecule is COc1c(C)cc(CN(C)C(=O)CCC(=O)O)cc1C. The van der Waals surface area contributed by atoms with Gasteiger partial charge < -0.3 is 14.7 Å². The van der Waals surface area contributed by atoms with Gasteiger partial charge in [-0.3, -0.25) is 9.59 Å². The Labute approximate surface area is 119 Å². The maximum absolute atomic E-state index is 11.8. The summed E-state index contributed by atoms with van der Waals surface area (Å²) >= 11 is 0. The summed E-state index contributed by atoms with van der Waals surface area (Å²) in [5.74, 6) is -0.269. The van der Waals surface area contributed by atoms with E-state index >= 15 is 0 Å². The average Bonchev–Trinajstić information content (AvgIpc) is 2.35. The van der Waals surface area contributed by atoms with Gasteiger partial charge in [0.25, 0.3) is 0 Å². The van der Waals surface area contributed by atoms with Crippen molar-refractivity contribution in [3.63, 3.8) is 0 Å². The van der Waals surface area contributed by atoms with Crippen LogP contribution in [-0.2, 0) is 16.1 Å². The second kappa shape index (κ2) is 6.93. The zero-order valence-corrected chi connectivity index (χ0v) is 12.4. The molecule has 20 heavy (non-hydrogen) atoms. The summed E-state index contributed by atoms with van der Waals surface area (Å²) in [5.41, 5.74) is 3.05. The first-order valence-corrected chi connectivity index (χ1v) is 6.45. The molecule has 0 aliphatic carbocycles. The molecule has 1 aromatic rings. The van der Waals surface area contributed by atoms with Crippen molar-refractivity contribution in [3.05, 3.63) is 28.8 Å². The van der Waals surface area contributed by atoms with Crippen molar-refractivity contribution in [2.75, 3.05) is 14.2 Å². The standard InChI is InChI=1S/C15H21NO4/c1-10-7-12(8-11(2)15(10)20-4)9-16(3)13(17)5-6-14(18)19/h7-8H,5-6,9H2,1-4H3,(H,18,19). The minimum Gasteiger partial charge on any atom is -0.496 e. The van der Waals surface area contributed by atoms with E-state index in [1.807, 2.05) is 26.0 Å². The van der Waals surface area contributed by atoms with Crippen molar-refractivity contribution in [1.82, 2.24) is 4.90 Å². The third-order valence-corrected chi connectivity index (χ3v) is 3.12. The number of carbonyl (C=O) groups is 2. The molecule has 0 saturated carbocycles. The number of aliphatic carboxylic acids is 1. The molecule has 0 saturated heterocycles. The van der Waals surface area contributed by atoms with E-state index in [0.717, 1.165) is 22.4 Å². The molecule has 110 valence electrons. The summed E-state index contributed by atoms with van der Waals surface area (Å²) in [5, 5.41) is 8.58. The number of hydrogen-bond acceptors (Lipinski definition) is 3. The third-order valence-electron chi connectivity index (χ3n) is 3.12. The Bertz CT molecular complexity index is 488. The molecule has 0 spiro atoms. The Kier molecular flexibility index (Phi) is 5.55. The van der Waals surface area contributed by atoms with Crippen LogP contribution in [0.25, 0.3) is 0 Å². The topological polar surface area (TPSA) is 66.8 Å². The molecule has 0 aliphatic heterocycles. The summed E-state index contributed by atoms with van der Waals surface area (Å²) in [6.07, 6.45) is -0.107. The van der Waals surface area contributed by atoms with Gasteiger partial charge in [0.2, 0.25) is 5.91 Å². The highest BCUT2D eigenvalue weighted by Crippen LogP contribution is 2.24. The average molecular weight is 279 g/mol. The lowest BCUT2D eigenvalue weighted by atomic mass is 10.1. The quantitative estimate of drug-likeness (QED) is 0.866. The molecule has 0 atom stereocenters. The number of nitrogens with zero attached hydrogens (tertiary/aromatic N) is 1. The number of aryl methyl sites for hydroxylation is 2. The van der Waals surface area contributed by atoms with Crippen LogP contribution in [0, 0.1) is 13.8 Å². The summed E-state index contributed by atoms with van der Waals surface area (Å²) in [6, 6.07) is 3.96. The molecule has 1 aromatic carbocycles. The van der Waals surface area contributed by atoms with Gasteiger partial charge in [0.05, 0.1) is 13.5 Å². The van der Waals surface area contributed by atoms with Gasteiger partial charge in [-0.15, -0.1) is 0 Å². The molecule has 0 heterocycles. The Balaban J connectivity index is 2.73. The molecule has 0 bridgehead atoms. The van der Waals surface area contributed by atoms with Crippen molar-refractivity contribution >= 4 is 11.9 Å². The van der Waals surface area contributed by atoms with Crippen LogP contribution >= 0.6 is 0 Å². The Morgan fingerprint density at radius 1 is 1.20 bits per heavy atom. The fraction of sp³-hybridized carbons (Fsp3) is 0.467. The molecule has 0 unspecified atom stereocenters. The van der Waals surface area contributed by atoms with Gasteiger partial charge in [-0.1, -0.05) is 12.1 Å². The predicted molar refractivity (Wildman–Crippen MR) is 75.8 cm³/mol. The van der Waals surface area contributed by atoms with Crippen LogP contribution in [0.4, 0.5) is 0 Å². The fourth-order valence-corrected chi connectivity index (χ4v) is 2.22. The second-order valence-corrected chi connectivity index (χ2v) is 4.91. The molecular formula is C15H21NO4. The maximum Gasteiger partial charge on any atom is 0.303 e. The van der Waals surface area contributed by atoms with E-state index in [2.05, 4.69) is 0 Å². The normalized spacial score (nSPS) is 10.2. The van der Waals surface area contributed by atoms with Crippen LogP contribution in [-0.4, -0.2) is 36.0 Å². The van der Waals surface area contributed by atoms with E-state index in [0.29, 0.717) is 6.54 Å². The number of amides is 1. The van der Waals surface area contributed by atoms with Gasteiger partial charge in [0, 0.05) is 20.0 Å². The van der Waals surface area contributed by atoms with Crippen LogP contribution in [0.2, 0.25) is 0 Å². The van der Waals surface area contributed by atoms with Crippen molar-refractivity contribution < 1.29 is 19.4 Å². The zero-order chi connectivity index (χ0) is 15.3. The Morgan fingerprint density at radius 3 is 2.20 bits per heavy atom. The highest BCUT2D eigenvalue weighted by atomic mass is 16.5. The summed E-state index contributed by atoms with van der Waals surface area (Å²) in [7, 11) is 3.32. The van der Waals surface area contributed by atoms with E-state index in [4.69, 9.17) is 9.84 Å². The molecule has 5 heteroatoms. The first-order chi connectivity index (χ1) is 9.35. The molecule has 1 amide bonds. The zero-order valence-electron chi connectivity index (χ0n) is 12.4.